The SMILES string of the molecule is CC(C)(C)CC(O)C(NC(=O)OCc1ccccc1)C(=O)O. The minimum Gasteiger partial charge on any atom is -0.480 e. The van der Waals surface area contributed by atoms with Crippen molar-refractivity contribution in [2.75, 3.05) is 0 Å². The van der Waals surface area contributed by atoms with E-state index in [9.17, 15) is 14.7 Å². The third-order valence-electron chi connectivity index (χ3n) is 2.96. The van der Waals surface area contributed by atoms with Gasteiger partial charge in [0.2, 0.25) is 0 Å². The Morgan fingerprint density at radius 1 is 1.23 bits per heavy atom. The maximum atomic E-state index is 11.7. The van der Waals surface area contributed by atoms with Crippen LogP contribution in [0.5, 0.6) is 0 Å². The van der Waals surface area contributed by atoms with Gasteiger partial charge in [-0.25, -0.2) is 9.59 Å². The Kier molecular flexibility index (Phi) is 6.37. The molecular weight excluding hydrogens is 286 g/mol. The first-order chi connectivity index (χ1) is 10.2. The Hall–Kier alpha value is -2.08. The van der Waals surface area contributed by atoms with Crippen molar-refractivity contribution in [2.45, 2.75) is 45.9 Å². The highest BCUT2D eigenvalue weighted by molar-refractivity contribution is 5.80. The van der Waals surface area contributed by atoms with Gasteiger partial charge in [-0.15, -0.1) is 0 Å². The number of carbonyl (C=O) groups is 2. The average molecular weight is 309 g/mol. The maximum absolute atomic E-state index is 11.7. The van der Waals surface area contributed by atoms with Crippen LogP contribution in [0.15, 0.2) is 30.3 Å². The molecule has 1 aromatic rings. The van der Waals surface area contributed by atoms with E-state index in [0.717, 1.165) is 5.56 Å². The van der Waals surface area contributed by atoms with Crippen molar-refractivity contribution in [2.24, 2.45) is 5.41 Å². The Balaban J connectivity index is 2.55. The number of carbonyl (C=O) groups excluding carboxylic acids is 1. The second-order valence-corrected chi connectivity index (χ2v) is 6.35. The number of carboxylic acids is 1. The summed E-state index contributed by atoms with van der Waals surface area (Å²) in [5.41, 5.74) is 0.530. The predicted molar refractivity (Wildman–Crippen MR) is 81.3 cm³/mol. The summed E-state index contributed by atoms with van der Waals surface area (Å²) in [6.07, 6.45) is -1.82. The van der Waals surface area contributed by atoms with Gasteiger partial charge in [-0.3, -0.25) is 0 Å². The van der Waals surface area contributed by atoms with Crippen LogP contribution in [0, 0.1) is 5.41 Å². The van der Waals surface area contributed by atoms with Crippen molar-refractivity contribution in [3.05, 3.63) is 35.9 Å². The van der Waals surface area contributed by atoms with Crippen LogP contribution in [0.1, 0.15) is 32.8 Å². The number of carboxylic acid groups (broad SMARTS) is 1. The van der Waals surface area contributed by atoms with E-state index in [2.05, 4.69) is 5.32 Å². The number of hydrogen-bond acceptors (Lipinski definition) is 4. The molecule has 0 bridgehead atoms. The quantitative estimate of drug-likeness (QED) is 0.748. The lowest BCUT2D eigenvalue weighted by atomic mass is 9.87. The maximum Gasteiger partial charge on any atom is 0.408 e. The molecule has 0 aliphatic heterocycles. The largest absolute Gasteiger partial charge is 0.480 e. The first-order valence-corrected chi connectivity index (χ1v) is 7.07. The number of aliphatic hydroxyl groups excluding tert-OH is 1. The zero-order valence-corrected chi connectivity index (χ0v) is 13.1. The average Bonchev–Trinajstić information content (AvgIpc) is 2.41. The van der Waals surface area contributed by atoms with Crippen LogP contribution in [-0.2, 0) is 16.1 Å². The van der Waals surface area contributed by atoms with E-state index in [1.165, 1.54) is 0 Å². The number of alkyl carbamates (subject to hydrolysis) is 1. The van der Waals surface area contributed by atoms with Gasteiger partial charge in [-0.2, -0.15) is 0 Å². The fourth-order valence-electron chi connectivity index (χ4n) is 1.96. The van der Waals surface area contributed by atoms with Crippen LogP contribution >= 0.6 is 0 Å². The predicted octanol–water partition coefficient (Wildman–Crippen LogP) is 2.16. The van der Waals surface area contributed by atoms with Crippen LogP contribution in [-0.4, -0.2) is 34.4 Å². The van der Waals surface area contributed by atoms with Gasteiger partial charge in [-0.05, 0) is 17.4 Å². The fourth-order valence-corrected chi connectivity index (χ4v) is 1.96. The lowest BCUT2D eigenvalue weighted by Crippen LogP contribution is -2.49. The Bertz CT molecular complexity index is 495. The molecule has 1 rings (SSSR count). The molecular formula is C16H23NO5. The van der Waals surface area contributed by atoms with Crippen molar-refractivity contribution < 1.29 is 24.5 Å². The van der Waals surface area contributed by atoms with E-state index in [-0.39, 0.29) is 18.4 Å². The summed E-state index contributed by atoms with van der Waals surface area (Å²) >= 11 is 0. The topological polar surface area (TPSA) is 95.9 Å². The molecule has 0 aromatic heterocycles. The van der Waals surface area contributed by atoms with Crippen molar-refractivity contribution in [3.8, 4) is 0 Å². The highest BCUT2D eigenvalue weighted by Gasteiger charge is 2.31. The summed E-state index contributed by atoms with van der Waals surface area (Å²) < 4.78 is 4.96. The van der Waals surface area contributed by atoms with Crippen molar-refractivity contribution in [1.82, 2.24) is 5.32 Å². The number of hydrogen-bond donors (Lipinski definition) is 3. The first kappa shape index (κ1) is 18.0. The standard InChI is InChI=1S/C16H23NO5/c1-16(2,3)9-12(18)13(14(19)20)17-15(21)22-10-11-7-5-4-6-8-11/h4-8,12-13,18H,9-10H2,1-3H3,(H,17,21)(H,19,20). The Morgan fingerprint density at radius 2 is 1.82 bits per heavy atom. The number of amides is 1. The van der Waals surface area contributed by atoms with E-state index >= 15 is 0 Å². The minimum atomic E-state index is -1.40. The number of aliphatic carboxylic acids is 1. The van der Waals surface area contributed by atoms with Gasteiger partial charge in [0.15, 0.2) is 6.04 Å². The number of aliphatic hydroxyl groups is 1. The molecule has 0 saturated heterocycles. The molecule has 0 spiro atoms. The van der Waals surface area contributed by atoms with Gasteiger partial charge in [-0.1, -0.05) is 51.1 Å². The summed E-state index contributed by atoms with van der Waals surface area (Å²) in [6, 6.07) is 7.63. The van der Waals surface area contributed by atoms with Crippen LogP contribution in [0.4, 0.5) is 4.79 Å². The summed E-state index contributed by atoms with van der Waals surface area (Å²) in [7, 11) is 0. The number of nitrogens with one attached hydrogen (secondary N) is 1. The molecule has 6 heteroatoms. The lowest BCUT2D eigenvalue weighted by Gasteiger charge is -2.26. The molecule has 3 N–H and O–H groups in total. The Morgan fingerprint density at radius 3 is 2.32 bits per heavy atom. The van der Waals surface area contributed by atoms with Crippen LogP contribution in [0.25, 0.3) is 0 Å². The molecule has 0 radical (unpaired) electrons. The zero-order chi connectivity index (χ0) is 16.8. The van der Waals surface area contributed by atoms with E-state index < -0.39 is 24.2 Å². The molecule has 1 aromatic carbocycles. The second-order valence-electron chi connectivity index (χ2n) is 6.35. The molecule has 2 unspecified atom stereocenters. The highest BCUT2D eigenvalue weighted by Crippen LogP contribution is 2.22. The normalized spacial score (nSPS) is 14.0. The molecule has 0 heterocycles. The molecule has 2 atom stereocenters. The summed E-state index contributed by atoms with van der Waals surface area (Å²) in [4.78, 5) is 22.9. The summed E-state index contributed by atoms with van der Waals surface area (Å²) in [6.45, 7) is 5.67. The van der Waals surface area contributed by atoms with E-state index in [4.69, 9.17) is 9.84 Å². The number of ether oxygens (including phenoxy) is 1. The molecule has 6 nitrogen and oxygen atoms in total. The Labute approximate surface area is 130 Å². The molecule has 0 fully saturated rings. The first-order valence-electron chi connectivity index (χ1n) is 7.07. The second kappa shape index (κ2) is 7.79. The summed E-state index contributed by atoms with van der Waals surface area (Å²) in [5, 5.41) is 21.3. The molecule has 122 valence electrons. The number of benzene rings is 1. The van der Waals surface area contributed by atoms with E-state index in [1.54, 1.807) is 12.1 Å². The van der Waals surface area contributed by atoms with Gasteiger partial charge >= 0.3 is 12.1 Å². The fraction of sp³-hybridized carbons (Fsp3) is 0.500. The minimum absolute atomic E-state index is 0.0361. The van der Waals surface area contributed by atoms with Crippen LogP contribution < -0.4 is 5.32 Å². The molecule has 0 saturated carbocycles. The molecule has 0 aliphatic carbocycles. The van der Waals surface area contributed by atoms with Gasteiger partial charge in [0.05, 0.1) is 6.10 Å². The zero-order valence-electron chi connectivity index (χ0n) is 13.1. The monoisotopic (exact) mass is 309 g/mol. The molecule has 0 aliphatic rings. The van der Waals surface area contributed by atoms with Crippen molar-refractivity contribution in [1.29, 1.82) is 0 Å². The molecule has 1 amide bonds. The smallest absolute Gasteiger partial charge is 0.408 e. The highest BCUT2D eigenvalue weighted by atomic mass is 16.5. The van der Waals surface area contributed by atoms with Crippen molar-refractivity contribution in [3.63, 3.8) is 0 Å². The van der Waals surface area contributed by atoms with Gasteiger partial charge in [0, 0.05) is 0 Å². The van der Waals surface area contributed by atoms with E-state index in [1.807, 2.05) is 39.0 Å². The van der Waals surface area contributed by atoms with Gasteiger partial charge in [0.1, 0.15) is 6.61 Å². The van der Waals surface area contributed by atoms with E-state index in [0.29, 0.717) is 0 Å². The van der Waals surface area contributed by atoms with Crippen LogP contribution in [0.2, 0.25) is 0 Å². The van der Waals surface area contributed by atoms with Gasteiger partial charge < -0.3 is 20.3 Å². The van der Waals surface area contributed by atoms with Crippen LogP contribution in [0.3, 0.4) is 0 Å². The lowest BCUT2D eigenvalue weighted by molar-refractivity contribution is -0.142. The summed E-state index contributed by atoms with van der Waals surface area (Å²) in [5.74, 6) is -1.30. The van der Waals surface area contributed by atoms with Gasteiger partial charge in [0.25, 0.3) is 0 Å². The van der Waals surface area contributed by atoms with Crippen molar-refractivity contribution >= 4 is 12.1 Å². The third-order valence-corrected chi connectivity index (χ3v) is 2.96. The third kappa shape index (κ3) is 6.58. The molecule has 22 heavy (non-hydrogen) atoms. The number of rotatable bonds is 6.